The normalized spacial score (nSPS) is 25.2. The summed E-state index contributed by atoms with van der Waals surface area (Å²) in [5.41, 5.74) is 1.19. The highest BCUT2D eigenvalue weighted by Gasteiger charge is 2.23. The third-order valence-corrected chi connectivity index (χ3v) is 3.06. The molecule has 0 aromatic heterocycles. The zero-order valence-electron chi connectivity index (χ0n) is 9.16. The molecule has 3 nitrogen and oxygen atoms in total. The van der Waals surface area contributed by atoms with Crippen LogP contribution in [0.4, 0.5) is 0 Å². The Hall–Kier alpha value is -1.06. The van der Waals surface area contributed by atoms with Gasteiger partial charge >= 0.3 is 0 Å². The summed E-state index contributed by atoms with van der Waals surface area (Å²) in [6.07, 6.45) is 0.836. The highest BCUT2D eigenvalue weighted by molar-refractivity contribution is 6.30. The molecule has 1 aromatic carbocycles. The predicted molar refractivity (Wildman–Crippen MR) is 64.6 cm³/mol. The molecular formula is C12H15ClN2O. The van der Waals surface area contributed by atoms with Gasteiger partial charge in [-0.25, -0.2) is 0 Å². The van der Waals surface area contributed by atoms with Gasteiger partial charge in [-0.2, -0.15) is 0 Å². The first-order chi connectivity index (χ1) is 7.65. The largest absolute Gasteiger partial charge is 0.350 e. The van der Waals surface area contributed by atoms with Gasteiger partial charge in [-0.05, 0) is 31.0 Å². The van der Waals surface area contributed by atoms with Crippen molar-refractivity contribution in [1.29, 1.82) is 0 Å². The molecule has 1 fully saturated rings. The highest BCUT2D eigenvalue weighted by Crippen LogP contribution is 2.11. The van der Waals surface area contributed by atoms with E-state index in [1.807, 2.05) is 31.2 Å². The minimum atomic E-state index is -0.0820. The van der Waals surface area contributed by atoms with Crippen molar-refractivity contribution in [3.63, 3.8) is 0 Å². The molecule has 1 aromatic rings. The van der Waals surface area contributed by atoms with E-state index >= 15 is 0 Å². The molecule has 4 heteroatoms. The Morgan fingerprint density at radius 3 is 2.69 bits per heavy atom. The lowest BCUT2D eigenvalue weighted by atomic mass is 10.0. The van der Waals surface area contributed by atoms with Gasteiger partial charge in [-0.1, -0.05) is 23.7 Å². The molecule has 1 amide bonds. The summed E-state index contributed by atoms with van der Waals surface area (Å²) in [5, 5.41) is 6.91. The van der Waals surface area contributed by atoms with E-state index in [2.05, 4.69) is 10.6 Å². The molecule has 0 spiro atoms. The number of amides is 1. The quantitative estimate of drug-likeness (QED) is 0.817. The highest BCUT2D eigenvalue weighted by atomic mass is 35.5. The number of hydrogen-bond donors (Lipinski definition) is 2. The van der Waals surface area contributed by atoms with Gasteiger partial charge in [0.2, 0.25) is 5.91 Å². The fourth-order valence-corrected chi connectivity index (χ4v) is 1.94. The van der Waals surface area contributed by atoms with Crippen LogP contribution in [0.5, 0.6) is 0 Å². The summed E-state index contributed by atoms with van der Waals surface area (Å²) in [7, 11) is 0. The van der Waals surface area contributed by atoms with Gasteiger partial charge in [0.05, 0.1) is 6.04 Å². The Kier molecular flexibility index (Phi) is 3.46. The summed E-state index contributed by atoms with van der Waals surface area (Å²) >= 11 is 5.81. The zero-order chi connectivity index (χ0) is 11.5. The van der Waals surface area contributed by atoms with Crippen molar-refractivity contribution >= 4 is 17.5 Å². The van der Waals surface area contributed by atoms with Gasteiger partial charge in [0.25, 0.3) is 0 Å². The molecule has 0 bridgehead atoms. The van der Waals surface area contributed by atoms with E-state index in [9.17, 15) is 4.79 Å². The molecule has 0 saturated carbocycles. The number of nitrogens with one attached hydrogen (secondary N) is 2. The molecule has 2 N–H and O–H groups in total. The van der Waals surface area contributed by atoms with Crippen LogP contribution in [0.15, 0.2) is 24.3 Å². The summed E-state index contributed by atoms with van der Waals surface area (Å²) in [6, 6.07) is 7.82. The Bertz CT molecular complexity index is 377. The molecule has 0 radical (unpaired) electrons. The average Bonchev–Trinajstić information content (AvgIpc) is 2.27. The molecule has 2 atom stereocenters. The molecule has 0 aliphatic carbocycles. The van der Waals surface area contributed by atoms with Gasteiger partial charge in [0.15, 0.2) is 0 Å². The third kappa shape index (κ3) is 2.74. The zero-order valence-corrected chi connectivity index (χ0v) is 9.92. The van der Waals surface area contributed by atoms with E-state index < -0.39 is 0 Å². The topological polar surface area (TPSA) is 41.1 Å². The van der Waals surface area contributed by atoms with Gasteiger partial charge in [0.1, 0.15) is 0 Å². The molecule has 2 rings (SSSR count). The van der Waals surface area contributed by atoms with E-state index in [0.29, 0.717) is 0 Å². The van der Waals surface area contributed by atoms with Crippen LogP contribution in [0.1, 0.15) is 12.5 Å². The van der Waals surface area contributed by atoms with Gasteiger partial charge in [-0.3, -0.25) is 4.79 Å². The second-order valence-electron chi connectivity index (χ2n) is 4.17. The first-order valence-electron chi connectivity index (χ1n) is 5.43. The lowest BCUT2D eigenvalue weighted by Crippen LogP contribution is -2.57. The van der Waals surface area contributed by atoms with E-state index in [4.69, 9.17) is 11.6 Å². The van der Waals surface area contributed by atoms with Crippen LogP contribution in [0, 0.1) is 0 Å². The first-order valence-corrected chi connectivity index (χ1v) is 5.81. The van der Waals surface area contributed by atoms with Crippen molar-refractivity contribution < 1.29 is 4.79 Å². The predicted octanol–water partition coefficient (Wildman–Crippen LogP) is 1.36. The summed E-state index contributed by atoms with van der Waals surface area (Å²) < 4.78 is 0. The number of benzene rings is 1. The summed E-state index contributed by atoms with van der Waals surface area (Å²) in [4.78, 5) is 11.5. The summed E-state index contributed by atoms with van der Waals surface area (Å²) in [5.74, 6) is 0.0743. The third-order valence-electron chi connectivity index (χ3n) is 2.81. The number of carbonyl (C=O) groups is 1. The maximum absolute atomic E-state index is 11.5. The maximum Gasteiger partial charge on any atom is 0.237 e. The van der Waals surface area contributed by atoms with Crippen molar-refractivity contribution in [2.24, 2.45) is 0 Å². The summed E-state index contributed by atoms with van der Waals surface area (Å²) in [6.45, 7) is 2.68. The fourth-order valence-electron chi connectivity index (χ4n) is 1.82. The molecule has 16 heavy (non-hydrogen) atoms. The SMILES string of the molecule is C[C@@H]1NCC(Cc2ccc(Cl)cc2)NC1=O. The number of piperazine rings is 1. The van der Waals surface area contributed by atoms with Gasteiger partial charge in [0, 0.05) is 17.6 Å². The fraction of sp³-hybridized carbons (Fsp3) is 0.417. The Labute approximate surface area is 100 Å². The minimum Gasteiger partial charge on any atom is -0.350 e. The van der Waals surface area contributed by atoms with E-state index in [1.165, 1.54) is 5.56 Å². The molecule has 1 aliphatic rings. The average molecular weight is 239 g/mol. The molecule has 1 aliphatic heterocycles. The maximum atomic E-state index is 11.5. The Morgan fingerprint density at radius 1 is 1.38 bits per heavy atom. The lowest BCUT2D eigenvalue weighted by Gasteiger charge is -2.28. The number of hydrogen-bond acceptors (Lipinski definition) is 2. The van der Waals surface area contributed by atoms with E-state index in [1.54, 1.807) is 0 Å². The Balaban J connectivity index is 1.95. The second-order valence-corrected chi connectivity index (χ2v) is 4.60. The van der Waals surface area contributed by atoms with Crippen molar-refractivity contribution in [3.8, 4) is 0 Å². The van der Waals surface area contributed by atoms with Crippen LogP contribution in [-0.4, -0.2) is 24.5 Å². The smallest absolute Gasteiger partial charge is 0.237 e. The van der Waals surface area contributed by atoms with Crippen molar-refractivity contribution in [3.05, 3.63) is 34.9 Å². The molecule has 86 valence electrons. The molecule has 1 unspecified atom stereocenters. The van der Waals surface area contributed by atoms with Crippen LogP contribution < -0.4 is 10.6 Å². The first kappa shape index (κ1) is 11.4. The second kappa shape index (κ2) is 4.85. The molecule has 1 saturated heterocycles. The lowest BCUT2D eigenvalue weighted by molar-refractivity contribution is -0.124. The van der Waals surface area contributed by atoms with Crippen LogP contribution in [0.3, 0.4) is 0 Å². The van der Waals surface area contributed by atoms with Crippen LogP contribution in [0.2, 0.25) is 5.02 Å². The molecule has 1 heterocycles. The van der Waals surface area contributed by atoms with E-state index in [-0.39, 0.29) is 18.0 Å². The molecular weight excluding hydrogens is 224 g/mol. The van der Waals surface area contributed by atoms with Gasteiger partial charge < -0.3 is 10.6 Å². The monoisotopic (exact) mass is 238 g/mol. The van der Waals surface area contributed by atoms with Crippen molar-refractivity contribution in [1.82, 2.24) is 10.6 Å². The Morgan fingerprint density at radius 2 is 2.06 bits per heavy atom. The standard InChI is InChI=1S/C12H15ClN2O/c1-8-12(16)15-11(7-14-8)6-9-2-4-10(13)5-3-9/h2-5,8,11,14H,6-7H2,1H3,(H,15,16)/t8-,11?/m0/s1. The van der Waals surface area contributed by atoms with Crippen molar-refractivity contribution in [2.75, 3.05) is 6.54 Å². The minimum absolute atomic E-state index is 0.0743. The van der Waals surface area contributed by atoms with Crippen molar-refractivity contribution in [2.45, 2.75) is 25.4 Å². The number of halogens is 1. The van der Waals surface area contributed by atoms with Crippen LogP contribution >= 0.6 is 11.6 Å². The van der Waals surface area contributed by atoms with E-state index in [0.717, 1.165) is 18.0 Å². The number of rotatable bonds is 2. The van der Waals surface area contributed by atoms with Crippen LogP contribution in [0.25, 0.3) is 0 Å². The van der Waals surface area contributed by atoms with Crippen LogP contribution in [-0.2, 0) is 11.2 Å². The van der Waals surface area contributed by atoms with Gasteiger partial charge in [-0.15, -0.1) is 0 Å². The number of carbonyl (C=O) groups excluding carboxylic acids is 1.